The lowest BCUT2D eigenvalue weighted by Gasteiger charge is -2.19. The third-order valence-corrected chi connectivity index (χ3v) is 2.14. The van der Waals surface area contributed by atoms with Crippen LogP contribution >= 0.6 is 0 Å². The van der Waals surface area contributed by atoms with Crippen molar-refractivity contribution < 1.29 is 14.7 Å². The van der Waals surface area contributed by atoms with Gasteiger partial charge in [-0.25, -0.2) is 0 Å². The molecular weight excluding hydrogens is 208 g/mol. The maximum atomic E-state index is 10.8. The largest absolute Gasteiger partial charge is 0.548 e. The van der Waals surface area contributed by atoms with E-state index in [2.05, 4.69) is 5.32 Å². The highest BCUT2D eigenvalue weighted by atomic mass is 16.4. The van der Waals surface area contributed by atoms with Gasteiger partial charge >= 0.3 is 0 Å². The standard InChI is InChI=1S/C11H14N2O3/c1-7(14)13-10(11(15)16)6-8-4-2-3-5-9(8)12/h2-5,10H,6,12H2,1H3,(H,13,14)(H,15,16)/p-1. The van der Waals surface area contributed by atoms with Crippen molar-refractivity contribution >= 4 is 17.6 Å². The van der Waals surface area contributed by atoms with Gasteiger partial charge in [-0.05, 0) is 11.6 Å². The molecule has 1 atom stereocenters. The number of carboxylic acids is 1. The summed E-state index contributed by atoms with van der Waals surface area (Å²) in [6.45, 7) is 1.25. The Morgan fingerprint density at radius 3 is 2.56 bits per heavy atom. The number of carboxylic acid groups (broad SMARTS) is 1. The minimum absolute atomic E-state index is 0.120. The van der Waals surface area contributed by atoms with Crippen molar-refractivity contribution in [2.75, 3.05) is 5.73 Å². The minimum Gasteiger partial charge on any atom is -0.548 e. The first-order valence-corrected chi connectivity index (χ1v) is 4.82. The van der Waals surface area contributed by atoms with Gasteiger partial charge in [0.25, 0.3) is 0 Å². The first-order valence-electron chi connectivity index (χ1n) is 4.82. The average Bonchev–Trinajstić information content (AvgIpc) is 2.19. The first-order chi connectivity index (χ1) is 7.50. The molecule has 1 rings (SSSR count). The molecule has 1 aromatic carbocycles. The normalized spacial score (nSPS) is 11.8. The second-order valence-electron chi connectivity index (χ2n) is 3.48. The molecule has 0 saturated carbocycles. The van der Waals surface area contributed by atoms with Crippen molar-refractivity contribution in [3.63, 3.8) is 0 Å². The van der Waals surface area contributed by atoms with E-state index < -0.39 is 17.9 Å². The molecule has 5 nitrogen and oxygen atoms in total. The quantitative estimate of drug-likeness (QED) is 0.642. The van der Waals surface area contributed by atoms with Gasteiger partial charge < -0.3 is 21.0 Å². The van der Waals surface area contributed by atoms with E-state index >= 15 is 0 Å². The summed E-state index contributed by atoms with van der Waals surface area (Å²) in [5.41, 5.74) is 6.84. The summed E-state index contributed by atoms with van der Waals surface area (Å²) in [6, 6.07) is 5.85. The number of nitrogens with one attached hydrogen (secondary N) is 1. The van der Waals surface area contributed by atoms with Crippen LogP contribution in [0, 0.1) is 0 Å². The number of hydrogen-bond acceptors (Lipinski definition) is 4. The highest BCUT2D eigenvalue weighted by Crippen LogP contribution is 2.12. The average molecular weight is 221 g/mol. The van der Waals surface area contributed by atoms with E-state index in [0.717, 1.165) is 0 Å². The van der Waals surface area contributed by atoms with Crippen molar-refractivity contribution in [3.8, 4) is 0 Å². The first kappa shape index (κ1) is 12.0. The van der Waals surface area contributed by atoms with Crippen LogP contribution in [0.1, 0.15) is 12.5 Å². The number of rotatable bonds is 4. The molecular formula is C11H13N2O3-. The fraction of sp³-hybridized carbons (Fsp3) is 0.273. The monoisotopic (exact) mass is 221 g/mol. The zero-order valence-electron chi connectivity index (χ0n) is 8.90. The third-order valence-electron chi connectivity index (χ3n) is 2.14. The summed E-state index contributed by atoms with van der Waals surface area (Å²) in [4.78, 5) is 21.6. The van der Waals surface area contributed by atoms with Gasteiger partial charge in [-0.2, -0.15) is 0 Å². The second kappa shape index (κ2) is 5.16. The van der Waals surface area contributed by atoms with Gasteiger partial charge in [0.2, 0.25) is 5.91 Å². The Hall–Kier alpha value is -2.04. The van der Waals surface area contributed by atoms with Gasteiger partial charge in [-0.15, -0.1) is 0 Å². The predicted molar refractivity (Wildman–Crippen MR) is 57.2 cm³/mol. The van der Waals surface area contributed by atoms with Crippen molar-refractivity contribution in [2.45, 2.75) is 19.4 Å². The van der Waals surface area contributed by atoms with Crippen LogP contribution < -0.4 is 16.2 Å². The Morgan fingerprint density at radius 1 is 1.44 bits per heavy atom. The number of nitrogen functional groups attached to an aromatic ring is 1. The van der Waals surface area contributed by atoms with Gasteiger partial charge in [0.1, 0.15) is 0 Å². The zero-order chi connectivity index (χ0) is 12.1. The Labute approximate surface area is 93.3 Å². The van der Waals surface area contributed by atoms with Crippen LogP contribution in [0.25, 0.3) is 0 Å². The fourth-order valence-electron chi connectivity index (χ4n) is 1.38. The topological polar surface area (TPSA) is 95.2 Å². The van der Waals surface area contributed by atoms with Crippen LogP contribution in [-0.2, 0) is 16.0 Å². The van der Waals surface area contributed by atoms with Crippen LogP contribution in [0.2, 0.25) is 0 Å². The third kappa shape index (κ3) is 3.27. The lowest BCUT2D eigenvalue weighted by molar-refractivity contribution is -0.308. The van der Waals surface area contributed by atoms with Gasteiger partial charge in [0, 0.05) is 19.0 Å². The van der Waals surface area contributed by atoms with E-state index in [1.54, 1.807) is 24.3 Å². The van der Waals surface area contributed by atoms with Crippen LogP contribution in [0.4, 0.5) is 5.69 Å². The minimum atomic E-state index is -1.32. The Bertz CT molecular complexity index is 404. The van der Waals surface area contributed by atoms with Gasteiger partial charge in [0.15, 0.2) is 0 Å². The summed E-state index contributed by atoms with van der Waals surface area (Å²) in [7, 11) is 0. The summed E-state index contributed by atoms with van der Waals surface area (Å²) in [6.07, 6.45) is 0.120. The molecule has 86 valence electrons. The molecule has 0 aliphatic rings. The van der Waals surface area contributed by atoms with E-state index in [4.69, 9.17) is 5.73 Å². The van der Waals surface area contributed by atoms with E-state index in [-0.39, 0.29) is 6.42 Å². The van der Waals surface area contributed by atoms with Gasteiger partial charge in [-0.1, -0.05) is 18.2 Å². The van der Waals surface area contributed by atoms with Gasteiger partial charge in [0.05, 0.1) is 12.0 Å². The second-order valence-corrected chi connectivity index (χ2v) is 3.48. The van der Waals surface area contributed by atoms with Crippen molar-refractivity contribution in [3.05, 3.63) is 29.8 Å². The molecule has 16 heavy (non-hydrogen) atoms. The summed E-state index contributed by atoms with van der Waals surface area (Å²) in [5, 5.41) is 13.1. The highest BCUT2D eigenvalue weighted by molar-refractivity contribution is 5.81. The molecule has 1 aromatic rings. The van der Waals surface area contributed by atoms with Crippen molar-refractivity contribution in [1.29, 1.82) is 0 Å². The molecule has 0 saturated heterocycles. The number of amides is 1. The number of anilines is 1. The molecule has 0 aliphatic heterocycles. The summed E-state index contributed by atoms with van der Waals surface area (Å²) in [5.74, 6) is -1.73. The predicted octanol–water partition coefficient (Wildman–Crippen LogP) is -0.934. The number of para-hydroxylation sites is 1. The van der Waals surface area contributed by atoms with Gasteiger partial charge in [-0.3, -0.25) is 4.79 Å². The molecule has 1 amide bonds. The van der Waals surface area contributed by atoms with E-state index in [0.29, 0.717) is 11.3 Å². The van der Waals surface area contributed by atoms with Crippen molar-refractivity contribution in [2.24, 2.45) is 0 Å². The molecule has 0 spiro atoms. The Kier molecular flexibility index (Phi) is 3.88. The maximum Gasteiger partial charge on any atom is 0.217 e. The number of carbonyl (C=O) groups excluding carboxylic acids is 2. The molecule has 0 bridgehead atoms. The van der Waals surface area contributed by atoms with Crippen LogP contribution in [0.3, 0.4) is 0 Å². The molecule has 0 heterocycles. The molecule has 0 aliphatic carbocycles. The number of aliphatic carboxylic acids is 1. The van der Waals surface area contributed by atoms with Crippen molar-refractivity contribution in [1.82, 2.24) is 5.32 Å². The van der Waals surface area contributed by atoms with E-state index in [9.17, 15) is 14.7 Å². The SMILES string of the molecule is CC(=O)NC(Cc1ccccc1N)C(=O)[O-]. The lowest BCUT2D eigenvalue weighted by Crippen LogP contribution is -2.48. The maximum absolute atomic E-state index is 10.8. The number of carbonyl (C=O) groups is 2. The zero-order valence-corrected chi connectivity index (χ0v) is 8.90. The van der Waals surface area contributed by atoms with Crippen LogP contribution in [-0.4, -0.2) is 17.9 Å². The van der Waals surface area contributed by atoms with E-state index in [1.165, 1.54) is 6.92 Å². The number of hydrogen-bond donors (Lipinski definition) is 2. The molecule has 3 N–H and O–H groups in total. The summed E-state index contributed by atoms with van der Waals surface area (Å²) < 4.78 is 0. The number of benzene rings is 1. The number of nitrogens with two attached hydrogens (primary N) is 1. The Balaban J connectivity index is 2.80. The Morgan fingerprint density at radius 2 is 2.06 bits per heavy atom. The molecule has 0 aromatic heterocycles. The van der Waals surface area contributed by atoms with Crippen LogP contribution in [0.15, 0.2) is 24.3 Å². The van der Waals surface area contributed by atoms with Crippen LogP contribution in [0.5, 0.6) is 0 Å². The fourth-order valence-corrected chi connectivity index (χ4v) is 1.38. The van der Waals surface area contributed by atoms with E-state index in [1.807, 2.05) is 0 Å². The smallest absolute Gasteiger partial charge is 0.217 e. The molecule has 1 unspecified atom stereocenters. The molecule has 5 heteroatoms. The lowest BCUT2D eigenvalue weighted by atomic mass is 10.0. The molecule has 0 fully saturated rings. The summed E-state index contributed by atoms with van der Waals surface area (Å²) >= 11 is 0. The molecule has 0 radical (unpaired) electrons. The highest BCUT2D eigenvalue weighted by Gasteiger charge is 2.13.